The summed E-state index contributed by atoms with van der Waals surface area (Å²) in [7, 11) is 0. The minimum atomic E-state index is -0.260. The van der Waals surface area contributed by atoms with Crippen molar-refractivity contribution >= 4 is 17.5 Å². The van der Waals surface area contributed by atoms with Gasteiger partial charge in [0.2, 0.25) is 5.95 Å². The molecule has 3 rings (SSSR count). The Morgan fingerprint density at radius 3 is 2.56 bits per heavy atom. The summed E-state index contributed by atoms with van der Waals surface area (Å²) >= 11 is 0. The fraction of sp³-hybridized carbons (Fsp3) is 0.158. The quantitative estimate of drug-likeness (QED) is 0.748. The average molecular weight is 333 g/mol. The summed E-state index contributed by atoms with van der Waals surface area (Å²) in [5, 5.41) is 6.03. The van der Waals surface area contributed by atoms with Crippen LogP contribution < -0.4 is 10.6 Å². The molecule has 2 aromatic heterocycles. The Balaban J connectivity index is 1.71. The smallest absolute Gasteiger partial charge is 0.274 e. The van der Waals surface area contributed by atoms with Gasteiger partial charge in [-0.25, -0.2) is 9.97 Å². The highest BCUT2D eigenvalue weighted by Crippen LogP contribution is 2.20. The van der Waals surface area contributed by atoms with Crippen molar-refractivity contribution in [2.24, 2.45) is 0 Å². The predicted octanol–water partition coefficient (Wildman–Crippen LogP) is 3.35. The van der Waals surface area contributed by atoms with Crippen molar-refractivity contribution in [2.45, 2.75) is 20.4 Å². The van der Waals surface area contributed by atoms with Crippen molar-refractivity contribution in [3.05, 3.63) is 77.4 Å². The van der Waals surface area contributed by atoms with E-state index >= 15 is 0 Å². The van der Waals surface area contributed by atoms with Crippen molar-refractivity contribution in [1.82, 2.24) is 15.0 Å². The van der Waals surface area contributed by atoms with Crippen LogP contribution >= 0.6 is 0 Å². The molecule has 126 valence electrons. The zero-order valence-electron chi connectivity index (χ0n) is 14.2. The van der Waals surface area contributed by atoms with Crippen molar-refractivity contribution in [2.75, 3.05) is 10.6 Å². The summed E-state index contributed by atoms with van der Waals surface area (Å²) in [4.78, 5) is 25.0. The van der Waals surface area contributed by atoms with Gasteiger partial charge in [-0.2, -0.15) is 0 Å². The number of amides is 1. The molecule has 25 heavy (non-hydrogen) atoms. The first-order valence-electron chi connectivity index (χ1n) is 7.97. The zero-order valence-corrected chi connectivity index (χ0v) is 14.2. The first-order valence-corrected chi connectivity index (χ1v) is 7.97. The lowest BCUT2D eigenvalue weighted by molar-refractivity contribution is 0.102. The normalized spacial score (nSPS) is 10.3. The van der Waals surface area contributed by atoms with E-state index in [1.807, 2.05) is 44.2 Å². The summed E-state index contributed by atoms with van der Waals surface area (Å²) in [5.41, 5.74) is 4.16. The van der Waals surface area contributed by atoms with Gasteiger partial charge in [0.15, 0.2) is 0 Å². The van der Waals surface area contributed by atoms with Gasteiger partial charge in [-0.15, -0.1) is 0 Å². The molecule has 2 N–H and O–H groups in total. The molecule has 0 saturated heterocycles. The van der Waals surface area contributed by atoms with E-state index in [4.69, 9.17) is 0 Å². The van der Waals surface area contributed by atoms with E-state index in [2.05, 4.69) is 25.6 Å². The van der Waals surface area contributed by atoms with Crippen LogP contribution in [-0.2, 0) is 6.54 Å². The van der Waals surface area contributed by atoms with Crippen LogP contribution in [0.25, 0.3) is 0 Å². The minimum absolute atomic E-state index is 0.260. The molecule has 1 amide bonds. The Morgan fingerprint density at radius 2 is 1.84 bits per heavy atom. The molecule has 1 aromatic carbocycles. The fourth-order valence-corrected chi connectivity index (χ4v) is 2.44. The van der Waals surface area contributed by atoms with Crippen molar-refractivity contribution in [1.29, 1.82) is 0 Å². The van der Waals surface area contributed by atoms with Crippen LogP contribution in [0.3, 0.4) is 0 Å². The van der Waals surface area contributed by atoms with Crippen LogP contribution in [0, 0.1) is 13.8 Å². The molecule has 6 nitrogen and oxygen atoms in total. The third-order valence-corrected chi connectivity index (χ3v) is 3.78. The molecule has 0 radical (unpaired) electrons. The number of carbonyl (C=O) groups excluding carboxylic acids is 1. The SMILES string of the molecule is Cc1cccc(C)c1NC(=O)c1ccnc(NCc2cccnc2)n1. The van der Waals surface area contributed by atoms with Gasteiger partial charge in [0.25, 0.3) is 5.91 Å². The number of hydrogen-bond acceptors (Lipinski definition) is 5. The van der Waals surface area contributed by atoms with Crippen LogP contribution in [0.4, 0.5) is 11.6 Å². The van der Waals surface area contributed by atoms with Gasteiger partial charge in [0.05, 0.1) is 0 Å². The highest BCUT2D eigenvalue weighted by atomic mass is 16.1. The summed E-state index contributed by atoms with van der Waals surface area (Å²) < 4.78 is 0. The Hall–Kier alpha value is -3.28. The van der Waals surface area contributed by atoms with Crippen LogP contribution in [0.15, 0.2) is 55.0 Å². The fourth-order valence-electron chi connectivity index (χ4n) is 2.44. The van der Waals surface area contributed by atoms with Gasteiger partial charge in [-0.05, 0) is 42.7 Å². The Kier molecular flexibility index (Phi) is 4.99. The van der Waals surface area contributed by atoms with E-state index in [0.717, 1.165) is 22.4 Å². The van der Waals surface area contributed by atoms with Crippen molar-refractivity contribution in [3.8, 4) is 0 Å². The molecule has 3 aromatic rings. The summed E-state index contributed by atoms with van der Waals surface area (Å²) in [5.74, 6) is 0.141. The van der Waals surface area contributed by atoms with Crippen molar-refractivity contribution in [3.63, 3.8) is 0 Å². The number of pyridine rings is 1. The lowest BCUT2D eigenvalue weighted by atomic mass is 10.1. The number of carbonyl (C=O) groups is 1. The standard InChI is InChI=1S/C19H19N5O/c1-13-5-3-6-14(2)17(13)24-18(25)16-8-10-21-19(23-16)22-12-15-7-4-9-20-11-15/h3-11H,12H2,1-2H3,(H,24,25)(H,21,22,23). The summed E-state index contributed by atoms with van der Waals surface area (Å²) in [6.45, 7) is 4.46. The van der Waals surface area contributed by atoms with Crippen LogP contribution in [0.1, 0.15) is 27.2 Å². The van der Waals surface area contributed by atoms with Gasteiger partial charge in [0.1, 0.15) is 5.69 Å². The predicted molar refractivity (Wildman–Crippen MR) is 97.5 cm³/mol. The number of benzene rings is 1. The van der Waals surface area contributed by atoms with Crippen molar-refractivity contribution < 1.29 is 4.79 Å². The molecule has 0 atom stereocenters. The maximum Gasteiger partial charge on any atom is 0.274 e. The number of para-hydroxylation sites is 1. The molecular weight excluding hydrogens is 314 g/mol. The number of rotatable bonds is 5. The third kappa shape index (κ3) is 4.17. The molecule has 0 aliphatic rings. The largest absolute Gasteiger partial charge is 0.350 e. The Bertz CT molecular complexity index is 860. The Morgan fingerprint density at radius 1 is 1.04 bits per heavy atom. The van der Waals surface area contributed by atoms with E-state index < -0.39 is 0 Å². The summed E-state index contributed by atoms with van der Waals surface area (Å²) in [6, 6.07) is 11.3. The van der Waals surface area contributed by atoms with Gasteiger partial charge >= 0.3 is 0 Å². The molecule has 0 unspecified atom stereocenters. The minimum Gasteiger partial charge on any atom is -0.350 e. The number of nitrogens with one attached hydrogen (secondary N) is 2. The monoisotopic (exact) mass is 333 g/mol. The molecule has 0 aliphatic heterocycles. The van der Waals surface area contributed by atoms with Gasteiger partial charge in [0, 0.05) is 30.8 Å². The third-order valence-electron chi connectivity index (χ3n) is 3.78. The maximum atomic E-state index is 12.5. The molecule has 0 bridgehead atoms. The van der Waals surface area contributed by atoms with E-state index in [-0.39, 0.29) is 5.91 Å². The molecule has 0 spiro atoms. The van der Waals surface area contributed by atoms with Crippen LogP contribution in [0.2, 0.25) is 0 Å². The zero-order chi connectivity index (χ0) is 17.6. The highest BCUT2D eigenvalue weighted by molar-refractivity contribution is 6.03. The Labute approximate surface area is 146 Å². The molecule has 2 heterocycles. The highest BCUT2D eigenvalue weighted by Gasteiger charge is 2.12. The second-order valence-corrected chi connectivity index (χ2v) is 5.70. The van der Waals surface area contributed by atoms with Crippen LogP contribution in [0.5, 0.6) is 0 Å². The van der Waals surface area contributed by atoms with Gasteiger partial charge < -0.3 is 10.6 Å². The summed E-state index contributed by atoms with van der Waals surface area (Å²) in [6.07, 6.45) is 5.06. The number of hydrogen-bond donors (Lipinski definition) is 2. The molecule has 6 heteroatoms. The lowest BCUT2D eigenvalue weighted by Gasteiger charge is -2.11. The topological polar surface area (TPSA) is 79.8 Å². The van der Waals surface area contributed by atoms with E-state index in [1.54, 1.807) is 24.7 Å². The molecule has 0 aliphatic carbocycles. The number of anilines is 2. The molecule has 0 saturated carbocycles. The second kappa shape index (κ2) is 7.53. The first-order chi connectivity index (χ1) is 12.1. The second-order valence-electron chi connectivity index (χ2n) is 5.70. The lowest BCUT2D eigenvalue weighted by Crippen LogP contribution is -2.16. The number of aryl methyl sites for hydroxylation is 2. The van der Waals surface area contributed by atoms with E-state index in [0.29, 0.717) is 18.2 Å². The van der Waals surface area contributed by atoms with E-state index in [9.17, 15) is 4.79 Å². The van der Waals surface area contributed by atoms with Crippen LogP contribution in [-0.4, -0.2) is 20.9 Å². The number of nitrogens with zero attached hydrogens (tertiary/aromatic N) is 3. The van der Waals surface area contributed by atoms with E-state index in [1.165, 1.54) is 0 Å². The molecular formula is C19H19N5O. The van der Waals surface area contributed by atoms with Gasteiger partial charge in [-0.3, -0.25) is 9.78 Å². The molecule has 0 fully saturated rings. The maximum absolute atomic E-state index is 12.5. The first kappa shape index (κ1) is 16.6. The average Bonchev–Trinajstić information content (AvgIpc) is 2.64. The van der Waals surface area contributed by atoms with Gasteiger partial charge in [-0.1, -0.05) is 24.3 Å². The number of aromatic nitrogens is 3.